The van der Waals surface area contributed by atoms with Gasteiger partial charge in [-0.3, -0.25) is 19.7 Å². The molecule has 2 aromatic carbocycles. The van der Waals surface area contributed by atoms with Gasteiger partial charge in [0.2, 0.25) is 11.8 Å². The van der Waals surface area contributed by atoms with Crippen molar-refractivity contribution in [3.8, 4) is 22.6 Å². The van der Waals surface area contributed by atoms with Gasteiger partial charge in [-0.25, -0.2) is 4.98 Å². The second kappa shape index (κ2) is 7.94. The van der Waals surface area contributed by atoms with Gasteiger partial charge in [-0.2, -0.15) is 0 Å². The maximum absolute atomic E-state index is 13.0. The summed E-state index contributed by atoms with van der Waals surface area (Å²) in [6.07, 6.45) is 6.35. The molecule has 1 saturated carbocycles. The van der Waals surface area contributed by atoms with Gasteiger partial charge in [-0.05, 0) is 54.9 Å². The van der Waals surface area contributed by atoms with E-state index in [1.165, 1.54) is 24.0 Å². The van der Waals surface area contributed by atoms with Crippen molar-refractivity contribution in [1.82, 2.24) is 19.8 Å². The van der Waals surface area contributed by atoms with E-state index in [0.29, 0.717) is 18.5 Å². The normalized spacial score (nSPS) is 20.0. The van der Waals surface area contributed by atoms with Crippen LogP contribution in [0.2, 0.25) is 0 Å². The van der Waals surface area contributed by atoms with E-state index in [9.17, 15) is 14.4 Å². The molecule has 1 aromatic heterocycles. The summed E-state index contributed by atoms with van der Waals surface area (Å²) >= 11 is 0. The molecule has 7 heteroatoms. The quantitative estimate of drug-likeness (QED) is 0.599. The fraction of sp³-hybridized carbons (Fsp3) is 0.333. The van der Waals surface area contributed by atoms with Crippen LogP contribution >= 0.6 is 0 Å². The molecular formula is C27H26N4O3. The van der Waals surface area contributed by atoms with E-state index in [1.807, 2.05) is 31.4 Å². The monoisotopic (exact) mass is 454 g/mol. The number of hydrogen-bond donors (Lipinski definition) is 1. The molecule has 0 bridgehead atoms. The highest BCUT2D eigenvalue weighted by atomic mass is 16.2. The van der Waals surface area contributed by atoms with Crippen molar-refractivity contribution in [3.05, 3.63) is 65.4 Å². The standard InChI is InChI=1S/C27H26N4O3/c1-30-15-22(28-25(30)20-5-3-2-4-17(20)12-16-6-7-16)18-8-9-21-19(13-18)14-31(27(21)34)23-10-11-24(32)29-26(23)33/h2-5,8-9,13,15-16,23H,6-7,10-12,14H2,1H3,(H,29,32,33). The number of piperidine rings is 1. The zero-order valence-corrected chi connectivity index (χ0v) is 19.1. The Morgan fingerprint density at radius 1 is 1.03 bits per heavy atom. The molecule has 172 valence electrons. The van der Waals surface area contributed by atoms with Crippen LogP contribution in [-0.2, 0) is 29.6 Å². The minimum atomic E-state index is -0.606. The summed E-state index contributed by atoms with van der Waals surface area (Å²) < 4.78 is 2.06. The Hall–Kier alpha value is -3.74. The third kappa shape index (κ3) is 3.61. The largest absolute Gasteiger partial charge is 0.333 e. The lowest BCUT2D eigenvalue weighted by Gasteiger charge is -2.29. The summed E-state index contributed by atoms with van der Waals surface area (Å²) in [5.41, 5.74) is 5.80. The first-order valence-corrected chi connectivity index (χ1v) is 11.9. The lowest BCUT2D eigenvalue weighted by Crippen LogP contribution is -2.52. The van der Waals surface area contributed by atoms with E-state index in [1.54, 1.807) is 4.90 Å². The highest BCUT2D eigenvalue weighted by molar-refractivity contribution is 6.05. The zero-order valence-electron chi connectivity index (χ0n) is 19.1. The third-order valence-electron chi connectivity index (χ3n) is 7.16. The van der Waals surface area contributed by atoms with E-state index >= 15 is 0 Å². The summed E-state index contributed by atoms with van der Waals surface area (Å²) in [6.45, 7) is 0.359. The van der Waals surface area contributed by atoms with E-state index in [-0.39, 0.29) is 18.2 Å². The van der Waals surface area contributed by atoms with Gasteiger partial charge in [0.1, 0.15) is 11.9 Å². The predicted molar refractivity (Wildman–Crippen MR) is 127 cm³/mol. The van der Waals surface area contributed by atoms with Crippen LogP contribution in [0, 0.1) is 5.92 Å². The molecule has 2 aliphatic heterocycles. The number of imide groups is 1. The number of carbonyl (C=O) groups is 3. The molecule has 0 spiro atoms. The number of aryl methyl sites for hydroxylation is 1. The molecule has 2 fully saturated rings. The summed E-state index contributed by atoms with van der Waals surface area (Å²) in [5.74, 6) is 0.899. The number of nitrogens with one attached hydrogen (secondary N) is 1. The predicted octanol–water partition coefficient (Wildman–Crippen LogP) is 3.47. The Kier molecular flexibility index (Phi) is 4.86. The van der Waals surface area contributed by atoms with Crippen LogP contribution in [0.25, 0.3) is 22.6 Å². The summed E-state index contributed by atoms with van der Waals surface area (Å²) in [5, 5.41) is 2.35. The summed E-state index contributed by atoms with van der Waals surface area (Å²) in [7, 11) is 2.02. The number of benzene rings is 2. The van der Waals surface area contributed by atoms with E-state index in [4.69, 9.17) is 4.98 Å². The molecule has 1 unspecified atom stereocenters. The van der Waals surface area contributed by atoms with Crippen LogP contribution in [0.5, 0.6) is 0 Å². The Balaban J connectivity index is 1.29. The molecule has 3 aromatic rings. The van der Waals surface area contributed by atoms with Gasteiger partial charge in [0.15, 0.2) is 0 Å². The summed E-state index contributed by atoms with van der Waals surface area (Å²) in [6, 6.07) is 13.6. The lowest BCUT2D eigenvalue weighted by atomic mass is 10.0. The van der Waals surface area contributed by atoms with Gasteiger partial charge < -0.3 is 9.47 Å². The number of imidazole rings is 1. The molecule has 6 rings (SSSR count). The second-order valence-electron chi connectivity index (χ2n) is 9.64. The average molecular weight is 455 g/mol. The molecular weight excluding hydrogens is 428 g/mol. The van der Waals surface area contributed by atoms with Crippen LogP contribution in [0.4, 0.5) is 0 Å². The number of aromatic nitrogens is 2. The molecule has 1 atom stereocenters. The zero-order chi connectivity index (χ0) is 23.4. The van der Waals surface area contributed by atoms with Crippen LogP contribution < -0.4 is 5.32 Å². The fourth-order valence-electron chi connectivity index (χ4n) is 5.14. The van der Waals surface area contributed by atoms with Crippen molar-refractivity contribution < 1.29 is 14.4 Å². The molecule has 1 saturated heterocycles. The van der Waals surface area contributed by atoms with E-state index in [0.717, 1.165) is 35.0 Å². The molecule has 3 aliphatic rings. The number of rotatable bonds is 5. The van der Waals surface area contributed by atoms with Gasteiger partial charge in [0.25, 0.3) is 5.91 Å². The molecule has 7 nitrogen and oxygen atoms in total. The number of amides is 3. The van der Waals surface area contributed by atoms with Crippen LogP contribution in [0.3, 0.4) is 0 Å². The third-order valence-corrected chi connectivity index (χ3v) is 7.16. The summed E-state index contributed by atoms with van der Waals surface area (Å²) in [4.78, 5) is 43.3. The first-order chi connectivity index (χ1) is 16.5. The van der Waals surface area contributed by atoms with Gasteiger partial charge in [-0.15, -0.1) is 0 Å². The Morgan fingerprint density at radius 3 is 2.65 bits per heavy atom. The van der Waals surface area contributed by atoms with Gasteiger partial charge in [-0.1, -0.05) is 30.3 Å². The molecule has 3 amide bonds. The van der Waals surface area contributed by atoms with Gasteiger partial charge >= 0.3 is 0 Å². The maximum Gasteiger partial charge on any atom is 0.255 e. The van der Waals surface area contributed by atoms with Crippen LogP contribution in [0.1, 0.15) is 47.2 Å². The molecule has 1 aliphatic carbocycles. The fourth-order valence-corrected chi connectivity index (χ4v) is 5.14. The van der Waals surface area contributed by atoms with E-state index < -0.39 is 11.9 Å². The molecule has 0 radical (unpaired) electrons. The van der Waals surface area contributed by atoms with Gasteiger partial charge in [0, 0.05) is 42.9 Å². The number of carbonyl (C=O) groups excluding carboxylic acids is 3. The molecule has 1 N–H and O–H groups in total. The van der Waals surface area contributed by atoms with Crippen LogP contribution in [-0.4, -0.2) is 38.2 Å². The Morgan fingerprint density at radius 2 is 1.85 bits per heavy atom. The second-order valence-corrected chi connectivity index (χ2v) is 9.64. The van der Waals surface area contributed by atoms with Crippen molar-refractivity contribution in [2.45, 2.75) is 44.7 Å². The van der Waals surface area contributed by atoms with Crippen molar-refractivity contribution in [1.29, 1.82) is 0 Å². The van der Waals surface area contributed by atoms with Gasteiger partial charge in [0.05, 0.1) is 5.69 Å². The number of nitrogens with zero attached hydrogens (tertiary/aromatic N) is 3. The van der Waals surface area contributed by atoms with Crippen molar-refractivity contribution in [3.63, 3.8) is 0 Å². The first kappa shape index (κ1) is 20.8. The highest BCUT2D eigenvalue weighted by Gasteiger charge is 2.39. The first-order valence-electron chi connectivity index (χ1n) is 11.9. The lowest BCUT2D eigenvalue weighted by molar-refractivity contribution is -0.136. The smallest absolute Gasteiger partial charge is 0.255 e. The minimum absolute atomic E-state index is 0.160. The molecule has 34 heavy (non-hydrogen) atoms. The average Bonchev–Trinajstić information content (AvgIpc) is 3.47. The Bertz CT molecular complexity index is 1340. The highest BCUT2D eigenvalue weighted by Crippen LogP contribution is 2.36. The molecule has 3 heterocycles. The number of hydrogen-bond acceptors (Lipinski definition) is 4. The SMILES string of the molecule is Cn1cc(-c2ccc3c(c2)CN(C2CCC(=O)NC2=O)C3=O)nc1-c1ccccc1CC1CC1. The van der Waals surface area contributed by atoms with E-state index in [2.05, 4.69) is 34.1 Å². The topological polar surface area (TPSA) is 84.3 Å². The minimum Gasteiger partial charge on any atom is -0.333 e. The maximum atomic E-state index is 13.0. The van der Waals surface area contributed by atoms with Crippen molar-refractivity contribution >= 4 is 17.7 Å². The number of fused-ring (bicyclic) bond motifs is 1. The Labute approximate surface area is 197 Å². The van der Waals surface area contributed by atoms with Crippen molar-refractivity contribution in [2.24, 2.45) is 13.0 Å². The van der Waals surface area contributed by atoms with Crippen LogP contribution in [0.15, 0.2) is 48.7 Å². The van der Waals surface area contributed by atoms with Crippen molar-refractivity contribution in [2.75, 3.05) is 0 Å².